The SMILES string of the molecule is Cc1ccc([O-])c(C=NC(C)(C)C(C)(C)N=Cc2cc(C)ccc2[O-])c1.[Mn].[O-2].[O-2].[O-2].[O-2].[Re]. The van der Waals surface area contributed by atoms with E-state index in [2.05, 4.69) is 9.98 Å². The van der Waals surface area contributed by atoms with Crippen LogP contribution in [0.15, 0.2) is 46.4 Å². The van der Waals surface area contributed by atoms with Crippen molar-refractivity contribution in [2.75, 3.05) is 0 Å². The normalized spacial score (nSPS) is 10.6. The molecule has 0 atom stereocenters. The molecule has 0 bridgehead atoms. The van der Waals surface area contributed by atoms with Gasteiger partial charge in [0.25, 0.3) is 0 Å². The summed E-state index contributed by atoms with van der Waals surface area (Å²) in [6.45, 7) is 11.8. The van der Waals surface area contributed by atoms with Gasteiger partial charge in [0.05, 0.1) is 11.1 Å². The van der Waals surface area contributed by atoms with Gasteiger partial charge in [-0.15, -0.1) is 11.5 Å². The number of hydrogen-bond acceptors (Lipinski definition) is 4. The molecule has 0 N–H and O–H groups in total. The van der Waals surface area contributed by atoms with Gasteiger partial charge in [0.1, 0.15) is 0 Å². The molecule has 0 saturated carbocycles. The molecule has 8 nitrogen and oxygen atoms in total. The quantitative estimate of drug-likeness (QED) is 0.355. The Hall–Kier alpha value is -1.60. The van der Waals surface area contributed by atoms with Crippen LogP contribution in [-0.4, -0.2) is 23.5 Å². The Morgan fingerprint density at radius 2 is 0.938 bits per heavy atom. The maximum Gasteiger partial charge on any atom is 0.0797 e. The van der Waals surface area contributed by atoms with Gasteiger partial charge >= 0.3 is 0 Å². The molecule has 2 radical (unpaired) electrons. The molecule has 0 heterocycles. The molecule has 2 rings (SSSR count). The zero-order chi connectivity index (χ0) is 19.5. The Balaban J connectivity index is -0.000000405. The van der Waals surface area contributed by atoms with E-state index in [0.29, 0.717) is 11.1 Å². The molecule has 0 aliphatic heterocycles. The molecule has 10 heteroatoms. The second kappa shape index (κ2) is 16.1. The van der Waals surface area contributed by atoms with Gasteiger partial charge in [0, 0.05) is 49.9 Å². The second-order valence-corrected chi connectivity index (χ2v) is 7.72. The number of nitrogens with zero attached hydrogens (tertiary/aromatic N) is 2. The van der Waals surface area contributed by atoms with E-state index in [4.69, 9.17) is 0 Å². The summed E-state index contributed by atoms with van der Waals surface area (Å²) < 4.78 is 0. The fourth-order valence-corrected chi connectivity index (χ4v) is 2.32. The van der Waals surface area contributed by atoms with Gasteiger partial charge in [0.2, 0.25) is 0 Å². The van der Waals surface area contributed by atoms with Crippen LogP contribution in [0.5, 0.6) is 11.5 Å². The van der Waals surface area contributed by atoms with Crippen molar-refractivity contribution >= 4 is 12.4 Å². The Bertz CT molecular complexity index is 802. The minimum atomic E-state index is -0.563. The molecule has 184 valence electrons. The fraction of sp³-hybridized carbons (Fsp3) is 0.364. The largest absolute Gasteiger partial charge is 2.00 e. The molecule has 0 aliphatic carbocycles. The predicted octanol–water partition coefficient (Wildman–Crippen LogP) is 3.07. The first kappa shape index (κ1) is 40.7. The summed E-state index contributed by atoms with van der Waals surface area (Å²) in [5.74, 6) is -0.0978. The average molecular weight is 656 g/mol. The summed E-state index contributed by atoms with van der Waals surface area (Å²) in [6, 6.07) is 10.4. The van der Waals surface area contributed by atoms with Crippen LogP contribution < -0.4 is 10.2 Å². The Morgan fingerprint density at radius 3 is 1.22 bits per heavy atom. The van der Waals surface area contributed by atoms with Gasteiger partial charge in [-0.05, 0) is 52.7 Å². The first-order valence-electron chi connectivity index (χ1n) is 8.68. The number of aryl methyl sites for hydroxylation is 2. The van der Waals surface area contributed by atoms with E-state index in [1.165, 1.54) is 0 Å². The smallest absolute Gasteiger partial charge is 0.0797 e. The van der Waals surface area contributed by atoms with Crippen molar-refractivity contribution in [2.45, 2.75) is 52.6 Å². The van der Waals surface area contributed by atoms with E-state index >= 15 is 0 Å². The van der Waals surface area contributed by atoms with Crippen molar-refractivity contribution in [1.29, 1.82) is 0 Å². The third-order valence-electron chi connectivity index (χ3n) is 4.88. The van der Waals surface area contributed by atoms with Gasteiger partial charge in [0.15, 0.2) is 0 Å². The minimum Gasteiger partial charge on any atom is -2.00 e. The zero-order valence-electron chi connectivity index (χ0n) is 18.7. The molecule has 2 aromatic carbocycles. The van der Waals surface area contributed by atoms with E-state index in [1.807, 2.05) is 53.7 Å². The molecule has 0 spiro atoms. The zero-order valence-corrected chi connectivity index (χ0v) is 22.6. The summed E-state index contributed by atoms with van der Waals surface area (Å²) >= 11 is 0. The second-order valence-electron chi connectivity index (χ2n) is 7.72. The van der Waals surface area contributed by atoms with Crippen LogP contribution in [0.25, 0.3) is 0 Å². The van der Waals surface area contributed by atoms with E-state index in [0.717, 1.165) is 11.1 Å². The third kappa shape index (κ3) is 10.3. The summed E-state index contributed by atoms with van der Waals surface area (Å²) in [5.41, 5.74) is 2.04. The minimum absolute atomic E-state index is 0. The first-order chi connectivity index (χ1) is 12.0. The Labute approximate surface area is 214 Å². The van der Waals surface area contributed by atoms with Crippen molar-refractivity contribution in [3.63, 3.8) is 0 Å². The van der Waals surface area contributed by atoms with Gasteiger partial charge in [-0.1, -0.05) is 47.5 Å². The number of benzene rings is 2. The number of hydrogen-bond donors (Lipinski definition) is 0. The van der Waals surface area contributed by atoms with Crippen LogP contribution in [0.4, 0.5) is 0 Å². The summed E-state index contributed by atoms with van der Waals surface area (Å²) in [7, 11) is 0. The van der Waals surface area contributed by atoms with Gasteiger partial charge in [-0.2, -0.15) is 0 Å². The van der Waals surface area contributed by atoms with E-state index in [-0.39, 0.29) is 70.9 Å². The number of rotatable bonds is 5. The maximum atomic E-state index is 12.0. The predicted molar refractivity (Wildman–Crippen MR) is 107 cm³/mol. The van der Waals surface area contributed by atoms with Crippen molar-refractivity contribution in [3.8, 4) is 11.5 Å². The van der Waals surface area contributed by atoms with Crippen LogP contribution in [0, 0.1) is 13.8 Å². The molecule has 0 amide bonds. The Morgan fingerprint density at radius 1 is 0.656 bits per heavy atom. The summed E-state index contributed by atoms with van der Waals surface area (Å²) in [6.07, 6.45) is 3.25. The molecule has 2 aromatic rings. The molecular weight excluding hydrogens is 629 g/mol. The maximum absolute atomic E-state index is 12.0. The monoisotopic (exact) mass is 656 g/mol. The molecule has 0 aromatic heterocycles. The molecule has 0 fully saturated rings. The molecule has 0 unspecified atom stereocenters. The molecule has 0 aliphatic rings. The average Bonchev–Trinajstić information content (AvgIpc) is 2.56. The van der Waals surface area contributed by atoms with Gasteiger partial charge < -0.3 is 32.1 Å². The van der Waals surface area contributed by atoms with Crippen molar-refractivity contribution < 1.29 is 69.6 Å². The molecular formula is C22H26MnN2O6Re-10. The first-order valence-corrected chi connectivity index (χ1v) is 8.68. The van der Waals surface area contributed by atoms with Crippen LogP contribution in [0.2, 0.25) is 0 Å². The number of aliphatic imine (C=N–C) groups is 2. The van der Waals surface area contributed by atoms with Crippen LogP contribution in [0.3, 0.4) is 0 Å². The van der Waals surface area contributed by atoms with E-state index in [9.17, 15) is 10.2 Å². The van der Waals surface area contributed by atoms with Gasteiger partial charge in [-0.3, -0.25) is 9.98 Å². The van der Waals surface area contributed by atoms with Crippen LogP contribution in [-0.2, 0) is 59.4 Å². The van der Waals surface area contributed by atoms with E-state index in [1.54, 1.807) is 36.7 Å². The van der Waals surface area contributed by atoms with Crippen molar-refractivity contribution in [3.05, 3.63) is 58.7 Å². The van der Waals surface area contributed by atoms with Crippen molar-refractivity contribution in [2.24, 2.45) is 9.98 Å². The van der Waals surface area contributed by atoms with Crippen LogP contribution >= 0.6 is 0 Å². The van der Waals surface area contributed by atoms with Crippen LogP contribution in [0.1, 0.15) is 49.9 Å². The Kier molecular flexibility index (Phi) is 20.5. The van der Waals surface area contributed by atoms with Crippen molar-refractivity contribution in [1.82, 2.24) is 0 Å². The molecule has 0 saturated heterocycles. The van der Waals surface area contributed by atoms with E-state index < -0.39 is 11.1 Å². The third-order valence-corrected chi connectivity index (χ3v) is 4.88. The van der Waals surface area contributed by atoms with Gasteiger partial charge in [-0.25, -0.2) is 0 Å². The summed E-state index contributed by atoms with van der Waals surface area (Å²) in [4.78, 5) is 9.27. The topological polar surface area (TPSA) is 185 Å². The fourth-order valence-electron chi connectivity index (χ4n) is 2.32. The standard InChI is InChI=1S/C22H28N2O2.Mn.4O.Re/c1-15-7-9-19(25)17(11-15)13-23-21(3,4)22(5,6)24-14-18-12-16(2)8-10-20(18)26;;;;;;/h7-14,25-26H,1-6H3;;;;;;/q;;4*-2;/p-2. The molecule has 32 heavy (non-hydrogen) atoms. The summed E-state index contributed by atoms with van der Waals surface area (Å²) in [5, 5.41) is 23.9.